The van der Waals surface area contributed by atoms with Crippen molar-refractivity contribution in [2.45, 2.75) is 20.3 Å². The van der Waals surface area contributed by atoms with Crippen LogP contribution in [-0.2, 0) is 16.0 Å². The molecule has 2 aromatic carbocycles. The SMILES string of the molecule is CCOC(=O)c1ccc(NC(=O)/C(C#N)=C/c2ccc(CC)c([N+](=O)[O-])c2)cc1. The number of hydrogen-bond acceptors (Lipinski definition) is 6. The maximum atomic E-state index is 12.4. The Morgan fingerprint density at radius 3 is 2.45 bits per heavy atom. The van der Waals surface area contributed by atoms with Gasteiger partial charge in [-0.2, -0.15) is 5.26 Å². The Morgan fingerprint density at radius 1 is 1.21 bits per heavy atom. The molecule has 148 valence electrons. The van der Waals surface area contributed by atoms with E-state index in [0.29, 0.717) is 28.8 Å². The van der Waals surface area contributed by atoms with E-state index in [2.05, 4.69) is 5.32 Å². The van der Waals surface area contributed by atoms with E-state index in [1.165, 1.54) is 36.4 Å². The van der Waals surface area contributed by atoms with E-state index in [1.54, 1.807) is 32.0 Å². The highest BCUT2D eigenvalue weighted by Gasteiger charge is 2.15. The highest BCUT2D eigenvalue weighted by atomic mass is 16.6. The highest BCUT2D eigenvalue weighted by Crippen LogP contribution is 2.22. The van der Waals surface area contributed by atoms with Crippen molar-refractivity contribution in [3.8, 4) is 6.07 Å². The number of rotatable bonds is 7. The lowest BCUT2D eigenvalue weighted by Gasteiger charge is -2.06. The Hall–Kier alpha value is -3.99. The van der Waals surface area contributed by atoms with Crippen molar-refractivity contribution in [1.82, 2.24) is 0 Å². The van der Waals surface area contributed by atoms with Crippen LogP contribution in [-0.4, -0.2) is 23.4 Å². The first-order chi connectivity index (χ1) is 13.9. The van der Waals surface area contributed by atoms with Crippen LogP contribution in [0.5, 0.6) is 0 Å². The minimum atomic E-state index is -0.668. The predicted octanol–water partition coefficient (Wildman–Crippen LogP) is 3.88. The monoisotopic (exact) mass is 393 g/mol. The topological polar surface area (TPSA) is 122 Å². The smallest absolute Gasteiger partial charge is 0.338 e. The van der Waals surface area contributed by atoms with Gasteiger partial charge in [0.25, 0.3) is 11.6 Å². The quantitative estimate of drug-likeness (QED) is 0.250. The molecule has 29 heavy (non-hydrogen) atoms. The molecular weight excluding hydrogens is 374 g/mol. The summed E-state index contributed by atoms with van der Waals surface area (Å²) < 4.78 is 4.89. The lowest BCUT2D eigenvalue weighted by Crippen LogP contribution is -2.13. The Morgan fingerprint density at radius 2 is 1.90 bits per heavy atom. The van der Waals surface area contributed by atoms with Gasteiger partial charge >= 0.3 is 5.97 Å². The first-order valence-corrected chi connectivity index (χ1v) is 8.87. The van der Waals surface area contributed by atoms with E-state index in [9.17, 15) is 25.0 Å². The van der Waals surface area contributed by atoms with Crippen LogP contribution >= 0.6 is 0 Å². The number of ether oxygens (including phenoxy) is 1. The summed E-state index contributed by atoms with van der Waals surface area (Å²) in [5, 5.41) is 23.1. The molecule has 0 aliphatic carbocycles. The van der Waals surface area contributed by atoms with Gasteiger partial charge in [0.15, 0.2) is 0 Å². The summed E-state index contributed by atoms with van der Waals surface area (Å²) in [6, 6.07) is 12.4. The highest BCUT2D eigenvalue weighted by molar-refractivity contribution is 6.09. The molecule has 2 aromatic rings. The minimum absolute atomic E-state index is 0.0616. The molecule has 8 nitrogen and oxygen atoms in total. The molecule has 0 fully saturated rings. The number of nitro groups is 1. The molecule has 0 unspecified atom stereocenters. The van der Waals surface area contributed by atoms with Crippen LogP contribution in [0.4, 0.5) is 11.4 Å². The number of anilines is 1. The van der Waals surface area contributed by atoms with Gasteiger partial charge in [0, 0.05) is 17.3 Å². The van der Waals surface area contributed by atoms with Gasteiger partial charge in [0.2, 0.25) is 0 Å². The molecule has 8 heteroatoms. The number of carbonyl (C=O) groups is 2. The second-order valence-electron chi connectivity index (χ2n) is 5.92. The molecule has 0 spiro atoms. The van der Waals surface area contributed by atoms with E-state index in [0.717, 1.165) is 0 Å². The van der Waals surface area contributed by atoms with Crippen LogP contribution in [0.25, 0.3) is 6.08 Å². The summed E-state index contributed by atoms with van der Waals surface area (Å²) in [6.07, 6.45) is 1.78. The summed E-state index contributed by atoms with van der Waals surface area (Å²) in [7, 11) is 0. The molecule has 0 aliphatic heterocycles. The summed E-state index contributed by atoms with van der Waals surface area (Å²) in [6.45, 7) is 3.76. The number of nitrogens with zero attached hydrogens (tertiary/aromatic N) is 2. The Labute approximate surface area is 167 Å². The average molecular weight is 393 g/mol. The molecule has 0 heterocycles. The van der Waals surface area contributed by atoms with Gasteiger partial charge in [-0.05, 0) is 49.2 Å². The molecule has 0 aromatic heterocycles. The minimum Gasteiger partial charge on any atom is -0.462 e. The van der Waals surface area contributed by atoms with Crippen LogP contribution in [0.15, 0.2) is 48.0 Å². The van der Waals surface area contributed by atoms with E-state index >= 15 is 0 Å². The second-order valence-corrected chi connectivity index (χ2v) is 5.92. The number of nitrogens with one attached hydrogen (secondary N) is 1. The van der Waals surface area contributed by atoms with Gasteiger partial charge in [-0.3, -0.25) is 14.9 Å². The van der Waals surface area contributed by atoms with Crippen molar-refractivity contribution < 1.29 is 19.2 Å². The van der Waals surface area contributed by atoms with Gasteiger partial charge in [0.05, 0.1) is 17.1 Å². The van der Waals surface area contributed by atoms with Crippen LogP contribution in [0, 0.1) is 21.4 Å². The van der Waals surface area contributed by atoms with E-state index < -0.39 is 16.8 Å². The number of esters is 1. The fourth-order valence-corrected chi connectivity index (χ4v) is 2.56. The molecule has 0 bridgehead atoms. The molecule has 1 amide bonds. The van der Waals surface area contributed by atoms with Crippen molar-refractivity contribution in [2.24, 2.45) is 0 Å². The predicted molar refractivity (Wildman–Crippen MR) is 107 cm³/mol. The maximum Gasteiger partial charge on any atom is 0.338 e. The standard InChI is InChI=1S/C21H19N3O5/c1-3-15-6-5-14(12-19(15)24(27)28)11-17(13-22)20(25)23-18-9-7-16(8-10-18)21(26)29-4-2/h5-12H,3-4H2,1-2H3,(H,23,25)/b17-11+. The zero-order valence-electron chi connectivity index (χ0n) is 16.0. The van der Waals surface area contributed by atoms with Gasteiger partial charge < -0.3 is 10.1 Å². The number of amides is 1. The largest absolute Gasteiger partial charge is 0.462 e. The molecular formula is C21H19N3O5. The lowest BCUT2D eigenvalue weighted by atomic mass is 10.0. The number of carbonyl (C=O) groups excluding carboxylic acids is 2. The van der Waals surface area contributed by atoms with Gasteiger partial charge in [-0.1, -0.05) is 19.1 Å². The van der Waals surface area contributed by atoms with Crippen molar-refractivity contribution in [3.63, 3.8) is 0 Å². The third-order valence-corrected chi connectivity index (χ3v) is 4.02. The Kier molecular flexibility index (Phi) is 7.20. The lowest BCUT2D eigenvalue weighted by molar-refractivity contribution is -0.385. The maximum absolute atomic E-state index is 12.4. The average Bonchev–Trinajstić information content (AvgIpc) is 2.72. The molecule has 2 rings (SSSR count). The Bertz CT molecular complexity index is 1000. The molecule has 0 radical (unpaired) electrons. The number of hydrogen-bond donors (Lipinski definition) is 1. The zero-order valence-corrected chi connectivity index (χ0v) is 16.0. The summed E-state index contributed by atoms with van der Waals surface area (Å²) in [5.74, 6) is -1.14. The van der Waals surface area contributed by atoms with Crippen LogP contribution in [0.3, 0.4) is 0 Å². The first-order valence-electron chi connectivity index (χ1n) is 8.87. The van der Waals surface area contributed by atoms with Crippen molar-refractivity contribution >= 4 is 29.3 Å². The van der Waals surface area contributed by atoms with E-state index in [4.69, 9.17) is 4.74 Å². The number of aryl methyl sites for hydroxylation is 1. The number of nitro benzene ring substituents is 1. The molecule has 0 saturated heterocycles. The normalized spacial score (nSPS) is 10.7. The Balaban J connectivity index is 2.21. The first kappa shape index (κ1) is 21.3. The van der Waals surface area contributed by atoms with Crippen molar-refractivity contribution in [1.29, 1.82) is 5.26 Å². The van der Waals surface area contributed by atoms with Gasteiger partial charge in [0.1, 0.15) is 11.6 Å². The number of benzene rings is 2. The second kappa shape index (κ2) is 9.80. The molecule has 0 saturated carbocycles. The number of nitriles is 1. The van der Waals surface area contributed by atoms with Gasteiger partial charge in [-0.25, -0.2) is 4.79 Å². The van der Waals surface area contributed by atoms with Crippen molar-refractivity contribution in [3.05, 3.63) is 74.8 Å². The summed E-state index contributed by atoms with van der Waals surface area (Å²) in [4.78, 5) is 34.7. The molecule has 1 N–H and O–H groups in total. The fourth-order valence-electron chi connectivity index (χ4n) is 2.56. The van der Waals surface area contributed by atoms with Crippen LogP contribution in [0.1, 0.15) is 35.3 Å². The third kappa shape index (κ3) is 5.49. The van der Waals surface area contributed by atoms with E-state index in [-0.39, 0.29) is 17.9 Å². The van der Waals surface area contributed by atoms with Crippen LogP contribution in [0.2, 0.25) is 0 Å². The molecule has 0 atom stereocenters. The zero-order chi connectivity index (χ0) is 21.4. The summed E-state index contributed by atoms with van der Waals surface area (Å²) in [5.41, 5.74) is 1.39. The van der Waals surface area contributed by atoms with Crippen LogP contribution < -0.4 is 5.32 Å². The fraction of sp³-hybridized carbons (Fsp3) is 0.190. The third-order valence-electron chi connectivity index (χ3n) is 4.02. The summed E-state index contributed by atoms with van der Waals surface area (Å²) >= 11 is 0. The van der Waals surface area contributed by atoms with E-state index in [1.807, 2.05) is 0 Å². The molecule has 0 aliphatic rings. The van der Waals surface area contributed by atoms with Gasteiger partial charge in [-0.15, -0.1) is 0 Å². The van der Waals surface area contributed by atoms with Crippen molar-refractivity contribution in [2.75, 3.05) is 11.9 Å².